The number of benzene rings is 2. The number of pyridine rings is 1. The molecular formula is C23H26N2O. The van der Waals surface area contributed by atoms with Gasteiger partial charge >= 0.3 is 0 Å². The Balaban J connectivity index is 1.47. The summed E-state index contributed by atoms with van der Waals surface area (Å²) in [5.41, 5.74) is 4.84. The Kier molecular flexibility index (Phi) is 5.00. The van der Waals surface area contributed by atoms with E-state index >= 15 is 0 Å². The molecule has 0 spiro atoms. The van der Waals surface area contributed by atoms with Crippen molar-refractivity contribution in [3.63, 3.8) is 0 Å². The first-order valence-corrected chi connectivity index (χ1v) is 9.46. The maximum atomic E-state index is 6.24. The third-order valence-corrected chi connectivity index (χ3v) is 5.49. The van der Waals surface area contributed by atoms with Crippen molar-refractivity contribution in [2.75, 3.05) is 19.7 Å². The van der Waals surface area contributed by atoms with Gasteiger partial charge in [0.25, 0.3) is 0 Å². The van der Waals surface area contributed by atoms with E-state index in [0.717, 1.165) is 43.7 Å². The fourth-order valence-corrected chi connectivity index (χ4v) is 3.94. The summed E-state index contributed by atoms with van der Waals surface area (Å²) < 4.78 is 6.24. The van der Waals surface area contributed by atoms with Crippen LogP contribution >= 0.6 is 0 Å². The summed E-state index contributed by atoms with van der Waals surface area (Å²) in [6.07, 6.45) is 2.25. The number of piperidine rings is 1. The van der Waals surface area contributed by atoms with Crippen LogP contribution in [0.3, 0.4) is 0 Å². The largest absolute Gasteiger partial charge is 0.376 e. The molecule has 1 fully saturated rings. The van der Waals surface area contributed by atoms with Gasteiger partial charge in [0.15, 0.2) is 0 Å². The minimum atomic E-state index is 0.127. The molecule has 1 N–H and O–H groups in total. The van der Waals surface area contributed by atoms with Gasteiger partial charge in [-0.1, -0.05) is 42.5 Å². The van der Waals surface area contributed by atoms with Crippen LogP contribution in [0.25, 0.3) is 10.9 Å². The van der Waals surface area contributed by atoms with E-state index in [0.29, 0.717) is 6.61 Å². The van der Waals surface area contributed by atoms with Crippen molar-refractivity contribution in [2.45, 2.75) is 31.8 Å². The number of fused-ring (bicyclic) bond motifs is 1. The molecule has 3 aromatic rings. The first-order valence-electron chi connectivity index (χ1n) is 9.46. The highest BCUT2D eigenvalue weighted by atomic mass is 16.5. The van der Waals surface area contributed by atoms with Gasteiger partial charge in [-0.2, -0.15) is 0 Å². The second-order valence-electron chi connectivity index (χ2n) is 7.37. The van der Waals surface area contributed by atoms with Crippen molar-refractivity contribution in [2.24, 2.45) is 0 Å². The lowest BCUT2D eigenvalue weighted by molar-refractivity contribution is 0.0566. The van der Waals surface area contributed by atoms with E-state index in [4.69, 9.17) is 4.74 Å². The van der Waals surface area contributed by atoms with E-state index in [-0.39, 0.29) is 5.41 Å². The molecule has 1 saturated heterocycles. The lowest BCUT2D eigenvalue weighted by Gasteiger charge is -2.38. The molecule has 134 valence electrons. The molecule has 1 aliphatic rings. The number of nitrogens with zero attached hydrogens (tertiary/aromatic N) is 1. The highest BCUT2D eigenvalue weighted by Crippen LogP contribution is 2.34. The molecule has 0 bridgehead atoms. The fraction of sp³-hybridized carbons (Fsp3) is 0.348. The predicted octanol–water partition coefficient (Wildman–Crippen LogP) is 4.38. The summed E-state index contributed by atoms with van der Waals surface area (Å²) in [5.74, 6) is 0. The van der Waals surface area contributed by atoms with Gasteiger partial charge in [-0.15, -0.1) is 0 Å². The number of nitrogens with one attached hydrogen (secondary N) is 1. The molecule has 0 atom stereocenters. The third kappa shape index (κ3) is 3.64. The molecule has 1 aromatic heterocycles. The van der Waals surface area contributed by atoms with Crippen LogP contribution in [0.5, 0.6) is 0 Å². The molecule has 0 unspecified atom stereocenters. The van der Waals surface area contributed by atoms with Gasteiger partial charge in [0.05, 0.1) is 18.7 Å². The Morgan fingerprint density at radius 3 is 2.62 bits per heavy atom. The molecule has 2 heterocycles. The van der Waals surface area contributed by atoms with E-state index in [1.165, 1.54) is 16.5 Å². The quantitative estimate of drug-likeness (QED) is 0.744. The minimum absolute atomic E-state index is 0.127. The Morgan fingerprint density at radius 2 is 1.81 bits per heavy atom. The molecule has 0 amide bonds. The maximum absolute atomic E-state index is 6.24. The zero-order valence-corrected chi connectivity index (χ0v) is 15.4. The van der Waals surface area contributed by atoms with Gasteiger partial charge in [-0.05, 0) is 62.2 Å². The average Bonchev–Trinajstić information content (AvgIpc) is 2.69. The van der Waals surface area contributed by atoms with Crippen molar-refractivity contribution in [1.82, 2.24) is 10.3 Å². The summed E-state index contributed by atoms with van der Waals surface area (Å²) in [7, 11) is 0. The number of ether oxygens (including phenoxy) is 1. The molecule has 26 heavy (non-hydrogen) atoms. The second-order valence-corrected chi connectivity index (χ2v) is 7.37. The van der Waals surface area contributed by atoms with E-state index in [1.807, 2.05) is 6.92 Å². The van der Waals surface area contributed by atoms with Crippen LogP contribution in [-0.4, -0.2) is 24.7 Å². The van der Waals surface area contributed by atoms with Crippen molar-refractivity contribution in [3.05, 3.63) is 77.5 Å². The van der Waals surface area contributed by atoms with Crippen LogP contribution in [0.15, 0.2) is 60.7 Å². The zero-order valence-electron chi connectivity index (χ0n) is 15.4. The van der Waals surface area contributed by atoms with Gasteiger partial charge in [-0.3, -0.25) is 4.98 Å². The number of aryl methyl sites for hydroxylation is 1. The van der Waals surface area contributed by atoms with Crippen LogP contribution in [0.1, 0.15) is 29.7 Å². The monoisotopic (exact) mass is 346 g/mol. The van der Waals surface area contributed by atoms with Gasteiger partial charge in [0, 0.05) is 16.5 Å². The maximum Gasteiger partial charge on any atom is 0.0717 e. The van der Waals surface area contributed by atoms with Gasteiger partial charge in [0.1, 0.15) is 0 Å². The average molecular weight is 346 g/mol. The highest BCUT2D eigenvalue weighted by molar-refractivity contribution is 5.79. The zero-order chi connectivity index (χ0) is 17.8. The first kappa shape index (κ1) is 17.2. The Hall–Kier alpha value is -2.23. The van der Waals surface area contributed by atoms with Crippen LogP contribution in [0.2, 0.25) is 0 Å². The first-order chi connectivity index (χ1) is 12.8. The molecule has 0 aliphatic carbocycles. The van der Waals surface area contributed by atoms with E-state index in [9.17, 15) is 0 Å². The molecule has 1 aliphatic heterocycles. The Morgan fingerprint density at radius 1 is 1.00 bits per heavy atom. The van der Waals surface area contributed by atoms with Gasteiger partial charge < -0.3 is 10.1 Å². The van der Waals surface area contributed by atoms with Crippen molar-refractivity contribution < 1.29 is 4.74 Å². The van der Waals surface area contributed by atoms with Crippen LogP contribution in [-0.2, 0) is 16.8 Å². The molecular weight excluding hydrogens is 320 g/mol. The van der Waals surface area contributed by atoms with E-state index in [1.54, 1.807) is 0 Å². The summed E-state index contributed by atoms with van der Waals surface area (Å²) >= 11 is 0. The second kappa shape index (κ2) is 7.56. The minimum Gasteiger partial charge on any atom is -0.376 e. The van der Waals surface area contributed by atoms with Gasteiger partial charge in [-0.25, -0.2) is 0 Å². The smallest absolute Gasteiger partial charge is 0.0717 e. The van der Waals surface area contributed by atoms with Crippen molar-refractivity contribution in [3.8, 4) is 0 Å². The summed E-state index contributed by atoms with van der Waals surface area (Å²) in [4.78, 5) is 4.57. The van der Waals surface area contributed by atoms with Gasteiger partial charge in [0.2, 0.25) is 0 Å². The summed E-state index contributed by atoms with van der Waals surface area (Å²) in [5, 5.41) is 4.66. The number of rotatable bonds is 5. The molecule has 4 rings (SSSR count). The number of aromatic nitrogens is 1. The topological polar surface area (TPSA) is 34.1 Å². The fourth-order valence-electron chi connectivity index (χ4n) is 3.94. The SMILES string of the molecule is Cc1ccc2cc(COCC3(c4ccccc4)CCNCC3)ccc2n1. The normalized spacial score (nSPS) is 16.7. The molecule has 3 nitrogen and oxygen atoms in total. The molecule has 2 aromatic carbocycles. The summed E-state index contributed by atoms with van der Waals surface area (Å²) in [6, 6.07) is 21.5. The predicted molar refractivity (Wildman–Crippen MR) is 106 cm³/mol. The third-order valence-electron chi connectivity index (χ3n) is 5.49. The van der Waals surface area contributed by atoms with E-state index < -0.39 is 0 Å². The highest BCUT2D eigenvalue weighted by Gasteiger charge is 2.34. The Labute approximate surface area is 155 Å². The molecule has 0 radical (unpaired) electrons. The Bertz CT molecular complexity index is 870. The lowest BCUT2D eigenvalue weighted by atomic mass is 9.74. The summed E-state index contributed by atoms with van der Waals surface area (Å²) in [6.45, 7) is 5.55. The molecule has 0 saturated carbocycles. The standard InChI is InChI=1S/C23H26N2O/c1-18-7-9-20-15-19(8-10-22(20)25-18)16-26-17-23(11-13-24-14-12-23)21-5-3-2-4-6-21/h2-10,15,24H,11-14,16-17H2,1H3. The van der Waals surface area contributed by atoms with Crippen LogP contribution < -0.4 is 5.32 Å². The van der Waals surface area contributed by atoms with Crippen molar-refractivity contribution in [1.29, 1.82) is 0 Å². The molecule has 3 heteroatoms. The van der Waals surface area contributed by atoms with Crippen LogP contribution in [0.4, 0.5) is 0 Å². The number of hydrogen-bond donors (Lipinski definition) is 1. The van der Waals surface area contributed by atoms with Crippen molar-refractivity contribution >= 4 is 10.9 Å². The van der Waals surface area contributed by atoms with Crippen LogP contribution in [0, 0.1) is 6.92 Å². The number of hydrogen-bond acceptors (Lipinski definition) is 3. The lowest BCUT2D eigenvalue weighted by Crippen LogP contribution is -2.43. The van der Waals surface area contributed by atoms with E-state index in [2.05, 4.69) is 71.0 Å².